The molecule has 2 amide bonds. The van der Waals surface area contributed by atoms with E-state index in [1.165, 1.54) is 11.3 Å². The predicted molar refractivity (Wildman–Crippen MR) is 111 cm³/mol. The van der Waals surface area contributed by atoms with Gasteiger partial charge in [0.25, 0.3) is 0 Å². The van der Waals surface area contributed by atoms with E-state index in [1.54, 1.807) is 35.6 Å². The lowest BCUT2D eigenvalue weighted by molar-refractivity contribution is 0.0468. The van der Waals surface area contributed by atoms with Gasteiger partial charge in [0.1, 0.15) is 11.6 Å². The van der Waals surface area contributed by atoms with Crippen LogP contribution in [0.2, 0.25) is 0 Å². The molecule has 8 heteroatoms. The van der Waals surface area contributed by atoms with Crippen molar-refractivity contribution < 1.29 is 14.3 Å². The Morgan fingerprint density at radius 3 is 2.61 bits per heavy atom. The third-order valence-corrected chi connectivity index (χ3v) is 5.63. The summed E-state index contributed by atoms with van der Waals surface area (Å²) in [5.74, 6) is -0.400. The van der Waals surface area contributed by atoms with Crippen molar-refractivity contribution in [1.82, 2.24) is 15.6 Å². The van der Waals surface area contributed by atoms with Crippen LogP contribution in [0.15, 0.2) is 47.2 Å². The average molecular weight is 416 g/mol. The fourth-order valence-electron chi connectivity index (χ4n) is 2.36. The van der Waals surface area contributed by atoms with Crippen molar-refractivity contribution >= 4 is 34.7 Å². The summed E-state index contributed by atoms with van der Waals surface area (Å²) in [6.45, 7) is 4.32. The van der Waals surface area contributed by atoms with Crippen molar-refractivity contribution in [2.45, 2.75) is 33.0 Å². The number of amides is 2. The number of ether oxygens (including phenoxy) is 1. The molecule has 1 aromatic carbocycles. The lowest BCUT2D eigenvalue weighted by Gasteiger charge is -2.10. The van der Waals surface area contributed by atoms with Gasteiger partial charge in [0.15, 0.2) is 0 Å². The molecular weight excluding hydrogens is 394 g/mol. The van der Waals surface area contributed by atoms with Crippen molar-refractivity contribution in [2.24, 2.45) is 0 Å². The molecule has 0 bridgehead atoms. The quantitative estimate of drug-likeness (QED) is 0.559. The molecule has 0 atom stereocenters. The second-order valence-electron chi connectivity index (χ2n) is 6.38. The summed E-state index contributed by atoms with van der Waals surface area (Å²) in [7, 11) is 0. The van der Waals surface area contributed by atoms with Crippen molar-refractivity contribution in [3.63, 3.8) is 0 Å². The van der Waals surface area contributed by atoms with Crippen LogP contribution in [-0.2, 0) is 17.9 Å². The van der Waals surface area contributed by atoms with Crippen LogP contribution in [0.3, 0.4) is 0 Å². The number of nitrogens with zero attached hydrogens (tertiary/aromatic N) is 1. The summed E-state index contributed by atoms with van der Waals surface area (Å²) in [6, 6.07) is 10.8. The number of carbonyl (C=O) groups is 2. The SMILES string of the molecule is CC(C)NC(=O)NCc1ccc(C(=O)OCc2csc(-c3cccs3)n2)cc1. The fourth-order valence-corrected chi connectivity index (χ4v) is 3.98. The number of esters is 1. The molecular formula is C20H21N3O3S2. The van der Waals surface area contributed by atoms with E-state index in [1.807, 2.05) is 36.7 Å². The number of hydrogen-bond donors (Lipinski definition) is 2. The van der Waals surface area contributed by atoms with Crippen LogP contribution in [0.1, 0.15) is 35.5 Å². The van der Waals surface area contributed by atoms with E-state index in [4.69, 9.17) is 4.74 Å². The Balaban J connectivity index is 1.49. The number of hydrogen-bond acceptors (Lipinski definition) is 6. The second kappa shape index (κ2) is 9.48. The van der Waals surface area contributed by atoms with Crippen molar-refractivity contribution in [1.29, 1.82) is 0 Å². The van der Waals surface area contributed by atoms with Crippen molar-refractivity contribution in [3.05, 3.63) is 64.0 Å². The van der Waals surface area contributed by atoms with E-state index in [0.29, 0.717) is 12.1 Å². The zero-order valence-electron chi connectivity index (χ0n) is 15.6. The predicted octanol–water partition coefficient (Wildman–Crippen LogP) is 4.44. The molecule has 2 aromatic heterocycles. The molecule has 0 saturated carbocycles. The molecule has 2 heterocycles. The zero-order chi connectivity index (χ0) is 19.9. The van der Waals surface area contributed by atoms with Gasteiger partial charge in [0.05, 0.1) is 16.1 Å². The first-order valence-electron chi connectivity index (χ1n) is 8.80. The van der Waals surface area contributed by atoms with Gasteiger partial charge in [-0.3, -0.25) is 0 Å². The van der Waals surface area contributed by atoms with Crippen molar-refractivity contribution in [2.75, 3.05) is 0 Å². The van der Waals surface area contributed by atoms with Crippen molar-refractivity contribution in [3.8, 4) is 9.88 Å². The summed E-state index contributed by atoms with van der Waals surface area (Å²) >= 11 is 3.17. The highest BCUT2D eigenvalue weighted by Gasteiger charge is 2.11. The van der Waals surface area contributed by atoms with E-state index in [2.05, 4.69) is 15.6 Å². The van der Waals surface area contributed by atoms with E-state index in [0.717, 1.165) is 21.1 Å². The van der Waals surface area contributed by atoms with Gasteiger partial charge in [-0.05, 0) is 43.0 Å². The van der Waals surface area contributed by atoms with Gasteiger partial charge in [-0.1, -0.05) is 18.2 Å². The molecule has 0 aliphatic heterocycles. The van der Waals surface area contributed by atoms with Gasteiger partial charge in [-0.15, -0.1) is 22.7 Å². The Kier molecular flexibility index (Phi) is 6.78. The summed E-state index contributed by atoms with van der Waals surface area (Å²) in [6.07, 6.45) is 0. The maximum absolute atomic E-state index is 12.2. The second-order valence-corrected chi connectivity index (χ2v) is 8.18. The number of rotatable bonds is 7. The fraction of sp³-hybridized carbons (Fsp3) is 0.250. The zero-order valence-corrected chi connectivity index (χ0v) is 17.2. The van der Waals surface area contributed by atoms with Crippen LogP contribution in [0.4, 0.5) is 4.79 Å². The van der Waals surface area contributed by atoms with E-state index < -0.39 is 5.97 Å². The lowest BCUT2D eigenvalue weighted by Crippen LogP contribution is -2.39. The van der Waals surface area contributed by atoms with Crippen LogP contribution in [0.5, 0.6) is 0 Å². The number of aromatic nitrogens is 1. The van der Waals surface area contributed by atoms with Crippen LogP contribution in [-0.4, -0.2) is 23.0 Å². The molecule has 0 spiro atoms. The third kappa shape index (κ3) is 5.64. The molecule has 0 aliphatic rings. The van der Waals surface area contributed by atoms with Crippen LogP contribution >= 0.6 is 22.7 Å². The van der Waals surface area contributed by atoms with Crippen LogP contribution < -0.4 is 10.6 Å². The highest BCUT2D eigenvalue weighted by atomic mass is 32.1. The molecule has 28 heavy (non-hydrogen) atoms. The van der Waals surface area contributed by atoms with Gasteiger partial charge in [-0.2, -0.15) is 0 Å². The maximum atomic E-state index is 12.2. The minimum atomic E-state index is -0.400. The molecule has 0 radical (unpaired) electrons. The Morgan fingerprint density at radius 2 is 1.93 bits per heavy atom. The first-order chi connectivity index (χ1) is 13.5. The minimum absolute atomic E-state index is 0.0799. The smallest absolute Gasteiger partial charge is 0.338 e. The molecule has 146 valence electrons. The Hall–Kier alpha value is -2.71. The van der Waals surface area contributed by atoms with E-state index >= 15 is 0 Å². The largest absolute Gasteiger partial charge is 0.456 e. The number of nitrogens with one attached hydrogen (secondary N) is 2. The number of thiophene rings is 1. The first kappa shape index (κ1) is 20.0. The van der Waals surface area contributed by atoms with Gasteiger partial charge in [0, 0.05) is 18.0 Å². The standard InChI is InChI=1S/C20H21N3O3S2/c1-13(2)22-20(25)21-10-14-5-7-15(8-6-14)19(24)26-11-16-12-28-18(23-16)17-4-3-9-27-17/h3-9,12-13H,10-11H2,1-2H3,(H2,21,22,25). The molecule has 3 aromatic rings. The Labute approximate surface area is 171 Å². The summed E-state index contributed by atoms with van der Waals surface area (Å²) in [5.41, 5.74) is 2.10. The normalized spacial score (nSPS) is 10.7. The van der Waals surface area contributed by atoms with Gasteiger partial charge in [0.2, 0.25) is 0 Å². The topological polar surface area (TPSA) is 80.3 Å². The van der Waals surface area contributed by atoms with E-state index in [9.17, 15) is 9.59 Å². The monoisotopic (exact) mass is 415 g/mol. The molecule has 0 saturated heterocycles. The number of carbonyl (C=O) groups excluding carboxylic acids is 2. The molecule has 0 unspecified atom stereocenters. The van der Waals surface area contributed by atoms with Crippen LogP contribution in [0.25, 0.3) is 9.88 Å². The molecule has 0 aliphatic carbocycles. The first-order valence-corrected chi connectivity index (χ1v) is 10.6. The van der Waals surface area contributed by atoms with E-state index in [-0.39, 0.29) is 18.7 Å². The van der Waals surface area contributed by atoms with Crippen LogP contribution in [0, 0.1) is 0 Å². The molecule has 3 rings (SSSR count). The Bertz CT molecular complexity index is 919. The number of benzene rings is 1. The maximum Gasteiger partial charge on any atom is 0.338 e. The third-order valence-electron chi connectivity index (χ3n) is 3.70. The van der Waals surface area contributed by atoms with Gasteiger partial charge < -0.3 is 15.4 Å². The van der Waals surface area contributed by atoms with Gasteiger partial charge >= 0.3 is 12.0 Å². The summed E-state index contributed by atoms with van der Waals surface area (Å²) in [4.78, 5) is 29.4. The molecule has 0 fully saturated rings. The number of thiazole rings is 1. The average Bonchev–Trinajstić information content (AvgIpc) is 3.36. The van der Waals surface area contributed by atoms with Gasteiger partial charge in [-0.25, -0.2) is 14.6 Å². The number of urea groups is 1. The lowest BCUT2D eigenvalue weighted by atomic mass is 10.1. The highest BCUT2D eigenvalue weighted by molar-refractivity contribution is 7.20. The highest BCUT2D eigenvalue weighted by Crippen LogP contribution is 2.28. The summed E-state index contributed by atoms with van der Waals surface area (Å²) in [5, 5.41) is 10.4. The minimum Gasteiger partial charge on any atom is -0.456 e. The molecule has 2 N–H and O–H groups in total. The molecule has 6 nitrogen and oxygen atoms in total. The Morgan fingerprint density at radius 1 is 1.14 bits per heavy atom. The summed E-state index contributed by atoms with van der Waals surface area (Å²) < 4.78 is 5.36.